The smallest absolute Gasteiger partial charge is 0.0571 e. The van der Waals surface area contributed by atoms with Crippen LogP contribution in [0.4, 0.5) is 0 Å². The highest BCUT2D eigenvalue weighted by Gasteiger charge is 2.23. The molecule has 0 aromatic rings. The van der Waals surface area contributed by atoms with Gasteiger partial charge >= 0.3 is 0 Å². The molecule has 1 aliphatic carbocycles. The quantitative estimate of drug-likeness (QED) is 0.667. The van der Waals surface area contributed by atoms with E-state index >= 15 is 0 Å². The lowest BCUT2D eigenvalue weighted by Gasteiger charge is -2.12. The minimum Gasteiger partial charge on any atom is -0.393 e. The van der Waals surface area contributed by atoms with Crippen molar-refractivity contribution in [3.05, 3.63) is 11.6 Å². The molecule has 0 aromatic heterocycles. The van der Waals surface area contributed by atoms with E-state index in [1.54, 1.807) is 0 Å². The summed E-state index contributed by atoms with van der Waals surface area (Å²) >= 11 is 0. The Hall–Kier alpha value is -0.300. The SMILES string of the molecule is CC(=CCC1CCCC1O)CCCC(C)C. The van der Waals surface area contributed by atoms with Crippen molar-refractivity contribution < 1.29 is 5.11 Å². The van der Waals surface area contributed by atoms with Gasteiger partial charge in [0, 0.05) is 0 Å². The Morgan fingerprint density at radius 2 is 2.12 bits per heavy atom. The molecule has 1 aliphatic rings. The minimum absolute atomic E-state index is 0.0280. The standard InChI is InChI=1S/C15H28O/c1-12(2)6-4-7-13(3)10-11-14-8-5-9-15(14)16/h10,12,14-16H,4-9,11H2,1-3H3. The van der Waals surface area contributed by atoms with Crippen molar-refractivity contribution in [2.45, 2.75) is 71.8 Å². The summed E-state index contributed by atoms with van der Waals surface area (Å²) in [5.74, 6) is 1.37. The number of aliphatic hydroxyl groups excluding tert-OH is 1. The normalized spacial score (nSPS) is 26.7. The van der Waals surface area contributed by atoms with E-state index in [9.17, 15) is 5.11 Å². The van der Waals surface area contributed by atoms with Gasteiger partial charge in [-0.25, -0.2) is 0 Å². The fraction of sp³-hybridized carbons (Fsp3) is 0.867. The number of allylic oxidation sites excluding steroid dienone is 2. The van der Waals surface area contributed by atoms with E-state index in [2.05, 4.69) is 26.8 Å². The van der Waals surface area contributed by atoms with Crippen LogP contribution < -0.4 is 0 Å². The molecule has 2 atom stereocenters. The van der Waals surface area contributed by atoms with Crippen LogP contribution in [0.25, 0.3) is 0 Å². The number of hydrogen-bond acceptors (Lipinski definition) is 1. The van der Waals surface area contributed by atoms with Crippen molar-refractivity contribution in [3.63, 3.8) is 0 Å². The van der Waals surface area contributed by atoms with Gasteiger partial charge in [-0.1, -0.05) is 38.3 Å². The molecule has 1 nitrogen and oxygen atoms in total. The first-order chi connectivity index (χ1) is 7.59. The molecule has 94 valence electrons. The second-order valence-corrected chi connectivity index (χ2v) is 5.83. The van der Waals surface area contributed by atoms with Crippen molar-refractivity contribution in [3.8, 4) is 0 Å². The Balaban J connectivity index is 2.17. The number of aliphatic hydroxyl groups is 1. The molecule has 1 rings (SSSR count). The Kier molecular flexibility index (Phi) is 6.12. The Morgan fingerprint density at radius 1 is 1.38 bits per heavy atom. The van der Waals surface area contributed by atoms with E-state index in [0.29, 0.717) is 5.92 Å². The van der Waals surface area contributed by atoms with Crippen LogP contribution in [0.5, 0.6) is 0 Å². The van der Waals surface area contributed by atoms with Gasteiger partial charge in [-0.2, -0.15) is 0 Å². The summed E-state index contributed by atoms with van der Waals surface area (Å²) in [7, 11) is 0. The predicted octanol–water partition coefficient (Wildman–Crippen LogP) is 4.31. The van der Waals surface area contributed by atoms with E-state index in [0.717, 1.165) is 18.8 Å². The Labute approximate surface area is 101 Å². The summed E-state index contributed by atoms with van der Waals surface area (Å²) in [6.07, 6.45) is 10.8. The third kappa shape index (κ3) is 5.16. The predicted molar refractivity (Wildman–Crippen MR) is 70.4 cm³/mol. The molecule has 0 saturated heterocycles. The van der Waals surface area contributed by atoms with Crippen LogP contribution in [0.3, 0.4) is 0 Å². The molecule has 1 fully saturated rings. The van der Waals surface area contributed by atoms with Crippen molar-refractivity contribution in [1.82, 2.24) is 0 Å². The first kappa shape index (κ1) is 13.8. The molecule has 0 spiro atoms. The molecule has 16 heavy (non-hydrogen) atoms. The van der Waals surface area contributed by atoms with Crippen LogP contribution in [0, 0.1) is 11.8 Å². The van der Waals surface area contributed by atoms with E-state index in [1.807, 2.05) is 0 Å². The minimum atomic E-state index is -0.0280. The molecule has 1 heteroatoms. The average molecular weight is 224 g/mol. The van der Waals surface area contributed by atoms with Crippen molar-refractivity contribution in [2.24, 2.45) is 11.8 Å². The first-order valence-electron chi connectivity index (χ1n) is 6.93. The number of hydrogen-bond donors (Lipinski definition) is 1. The van der Waals surface area contributed by atoms with Gasteiger partial charge in [0.1, 0.15) is 0 Å². The fourth-order valence-electron chi connectivity index (χ4n) is 2.54. The third-order valence-corrected chi connectivity index (χ3v) is 3.74. The van der Waals surface area contributed by atoms with Crippen LogP contribution in [0.1, 0.15) is 65.7 Å². The average Bonchev–Trinajstić information content (AvgIpc) is 2.60. The van der Waals surface area contributed by atoms with E-state index in [-0.39, 0.29) is 6.10 Å². The number of rotatable bonds is 6. The van der Waals surface area contributed by atoms with Gasteiger partial charge in [-0.3, -0.25) is 0 Å². The summed E-state index contributed by atoms with van der Waals surface area (Å²) < 4.78 is 0. The lowest BCUT2D eigenvalue weighted by atomic mass is 9.98. The first-order valence-corrected chi connectivity index (χ1v) is 6.93. The molecule has 0 amide bonds. The van der Waals surface area contributed by atoms with Gasteiger partial charge < -0.3 is 5.11 Å². The van der Waals surface area contributed by atoms with Gasteiger partial charge in [0.05, 0.1) is 6.10 Å². The summed E-state index contributed by atoms with van der Waals surface area (Å²) in [6, 6.07) is 0. The molecule has 2 unspecified atom stereocenters. The Morgan fingerprint density at radius 3 is 2.69 bits per heavy atom. The van der Waals surface area contributed by atoms with E-state index in [4.69, 9.17) is 0 Å². The molecular formula is C15H28O. The van der Waals surface area contributed by atoms with Gasteiger partial charge in [-0.15, -0.1) is 0 Å². The van der Waals surface area contributed by atoms with E-state index < -0.39 is 0 Å². The maximum Gasteiger partial charge on any atom is 0.0571 e. The summed E-state index contributed by atoms with van der Waals surface area (Å²) in [5, 5.41) is 9.72. The molecule has 0 radical (unpaired) electrons. The van der Waals surface area contributed by atoms with Crippen molar-refractivity contribution in [2.75, 3.05) is 0 Å². The Bertz CT molecular complexity index is 217. The second kappa shape index (κ2) is 7.11. The zero-order valence-corrected chi connectivity index (χ0v) is 11.2. The fourth-order valence-corrected chi connectivity index (χ4v) is 2.54. The highest BCUT2D eigenvalue weighted by Crippen LogP contribution is 2.29. The van der Waals surface area contributed by atoms with Gasteiger partial charge in [-0.05, 0) is 50.9 Å². The molecule has 0 aromatic carbocycles. The van der Waals surface area contributed by atoms with Crippen LogP contribution in [-0.2, 0) is 0 Å². The maximum absolute atomic E-state index is 9.72. The molecule has 0 aliphatic heterocycles. The molecular weight excluding hydrogens is 196 g/mol. The highest BCUT2D eigenvalue weighted by molar-refractivity contribution is 4.99. The summed E-state index contributed by atoms with van der Waals surface area (Å²) in [5.41, 5.74) is 1.51. The van der Waals surface area contributed by atoms with Crippen molar-refractivity contribution >= 4 is 0 Å². The topological polar surface area (TPSA) is 20.2 Å². The second-order valence-electron chi connectivity index (χ2n) is 5.83. The lowest BCUT2D eigenvalue weighted by Crippen LogP contribution is -2.11. The third-order valence-electron chi connectivity index (χ3n) is 3.74. The largest absolute Gasteiger partial charge is 0.393 e. The van der Waals surface area contributed by atoms with Crippen LogP contribution in [0.2, 0.25) is 0 Å². The molecule has 0 bridgehead atoms. The zero-order valence-electron chi connectivity index (χ0n) is 11.2. The monoisotopic (exact) mass is 224 g/mol. The highest BCUT2D eigenvalue weighted by atomic mass is 16.3. The van der Waals surface area contributed by atoms with E-state index in [1.165, 1.54) is 37.7 Å². The lowest BCUT2D eigenvalue weighted by molar-refractivity contribution is 0.134. The van der Waals surface area contributed by atoms with Gasteiger partial charge in [0.15, 0.2) is 0 Å². The van der Waals surface area contributed by atoms with Gasteiger partial charge in [0.25, 0.3) is 0 Å². The van der Waals surface area contributed by atoms with Gasteiger partial charge in [0.2, 0.25) is 0 Å². The summed E-state index contributed by atoms with van der Waals surface area (Å²) in [4.78, 5) is 0. The molecule has 1 saturated carbocycles. The maximum atomic E-state index is 9.72. The van der Waals surface area contributed by atoms with Crippen LogP contribution in [-0.4, -0.2) is 11.2 Å². The van der Waals surface area contributed by atoms with Crippen LogP contribution >= 0.6 is 0 Å². The molecule has 1 N–H and O–H groups in total. The molecule has 0 heterocycles. The zero-order chi connectivity index (χ0) is 12.0. The summed E-state index contributed by atoms with van der Waals surface area (Å²) in [6.45, 7) is 6.81. The van der Waals surface area contributed by atoms with Crippen molar-refractivity contribution in [1.29, 1.82) is 0 Å². The van der Waals surface area contributed by atoms with Crippen LogP contribution in [0.15, 0.2) is 11.6 Å².